The number of carbonyl (C=O) groups is 3. The summed E-state index contributed by atoms with van der Waals surface area (Å²) in [6.07, 6.45) is 0. The second-order valence-electron chi connectivity index (χ2n) is 12.6. The highest BCUT2D eigenvalue weighted by Crippen LogP contribution is 2.56. The number of carbonyl (C=O) groups excluding carboxylic acids is 3. The van der Waals surface area contributed by atoms with Gasteiger partial charge in [0.2, 0.25) is 11.5 Å². The van der Waals surface area contributed by atoms with E-state index in [2.05, 4.69) is 60.7 Å². The Morgan fingerprint density at radius 2 is 0.820 bits per heavy atom. The number of benzene rings is 6. The molecule has 0 aromatic heterocycles. The van der Waals surface area contributed by atoms with Crippen LogP contribution in [0.25, 0.3) is 0 Å². The van der Waals surface area contributed by atoms with E-state index in [0.717, 1.165) is 15.4 Å². The van der Waals surface area contributed by atoms with E-state index in [0.29, 0.717) is 33.5 Å². The Morgan fingerprint density at radius 1 is 0.393 bits per heavy atom. The minimum absolute atomic E-state index is 0.0294. The molecule has 0 unspecified atom stereocenters. The molecule has 6 aromatic rings. The second kappa shape index (κ2) is 24.3. The largest absolute Gasteiger partial charge is 0.493 e. The molecule has 0 aliphatic heterocycles. The second-order valence-corrected chi connectivity index (χ2v) is 15.9. The summed E-state index contributed by atoms with van der Waals surface area (Å²) >= 11 is 4.79. The zero-order chi connectivity index (χ0) is 44.3. The normalized spacial score (nSPS) is 10.1. The Labute approximate surface area is 370 Å². The summed E-state index contributed by atoms with van der Waals surface area (Å²) < 4.78 is 37.8. The summed E-state index contributed by atoms with van der Waals surface area (Å²) in [5.41, 5.74) is 1.46. The molecule has 61 heavy (non-hydrogen) atoms. The molecule has 0 spiro atoms. The molecule has 318 valence electrons. The lowest BCUT2D eigenvalue weighted by atomic mass is 10.1. The van der Waals surface area contributed by atoms with Crippen LogP contribution in [-0.2, 0) is 14.4 Å². The lowest BCUT2D eigenvalue weighted by Gasteiger charge is -2.22. The van der Waals surface area contributed by atoms with Gasteiger partial charge in [-0.05, 0) is 86.1 Å². The van der Waals surface area contributed by atoms with E-state index in [1.54, 1.807) is 56.8 Å². The summed E-state index contributed by atoms with van der Waals surface area (Å²) in [5, 5.41) is 0. The molecule has 6 aromatic carbocycles. The van der Waals surface area contributed by atoms with Crippen molar-refractivity contribution in [3.05, 3.63) is 139 Å². The Hall–Kier alpha value is -6.02. The van der Waals surface area contributed by atoms with Gasteiger partial charge in [0.1, 0.15) is 5.75 Å². The van der Waals surface area contributed by atoms with E-state index in [-0.39, 0.29) is 23.2 Å². The van der Waals surface area contributed by atoms with Gasteiger partial charge in [0.15, 0.2) is 23.0 Å². The number of hydrogen-bond acceptors (Lipinski definition) is 13. The summed E-state index contributed by atoms with van der Waals surface area (Å²) in [7, 11) is 5.99. The molecule has 0 amide bonds. The smallest absolute Gasteiger partial charge is 0.308 e. The first-order valence-electron chi connectivity index (χ1n) is 18.7. The standard InChI is InChI=1S/C22H26O8S.C14H12O2S.C12H10S/c1-11-9-10-15(25-5)17(26-6)21(11)31-22-12(2)16(29-13(3)23)19(30-14(4)24)18(27-7)20(22)28-8;1-11(15)16-12-7-9-14(10-8-12)17-13-5-3-2-4-6-13;1-3-7-11(8-4-1)13-12-9-5-2-6-10-12/h9-10H,1-8H3;2-10H,1H3;1-10H. The van der Waals surface area contributed by atoms with Gasteiger partial charge in [-0.3, -0.25) is 14.4 Å². The van der Waals surface area contributed by atoms with E-state index in [4.69, 9.17) is 33.2 Å². The van der Waals surface area contributed by atoms with Crippen molar-refractivity contribution in [3.8, 4) is 40.2 Å². The number of ether oxygens (including phenoxy) is 7. The molecular weight excluding hydrogens is 833 g/mol. The van der Waals surface area contributed by atoms with Gasteiger partial charge < -0.3 is 33.2 Å². The maximum atomic E-state index is 11.8. The molecule has 0 saturated heterocycles. The van der Waals surface area contributed by atoms with Crippen LogP contribution in [0.15, 0.2) is 157 Å². The highest BCUT2D eigenvalue weighted by atomic mass is 32.2. The van der Waals surface area contributed by atoms with E-state index < -0.39 is 11.9 Å². The fourth-order valence-electron chi connectivity index (χ4n) is 5.46. The van der Waals surface area contributed by atoms with Gasteiger partial charge in [-0.25, -0.2) is 0 Å². The average molecular weight is 881 g/mol. The van der Waals surface area contributed by atoms with Gasteiger partial charge in [-0.15, -0.1) is 0 Å². The lowest BCUT2D eigenvalue weighted by Crippen LogP contribution is -2.11. The van der Waals surface area contributed by atoms with Crippen LogP contribution in [0.5, 0.6) is 40.2 Å². The van der Waals surface area contributed by atoms with Gasteiger partial charge in [-0.1, -0.05) is 95.9 Å². The van der Waals surface area contributed by atoms with Crippen molar-refractivity contribution in [3.63, 3.8) is 0 Å². The van der Waals surface area contributed by atoms with E-state index in [1.807, 2.05) is 61.5 Å². The van der Waals surface area contributed by atoms with Crippen LogP contribution in [0.2, 0.25) is 0 Å². The predicted molar refractivity (Wildman–Crippen MR) is 241 cm³/mol. The third-order valence-corrected chi connectivity index (χ3v) is 11.5. The van der Waals surface area contributed by atoms with Crippen molar-refractivity contribution < 1.29 is 47.5 Å². The van der Waals surface area contributed by atoms with Crippen LogP contribution in [0, 0.1) is 13.8 Å². The van der Waals surface area contributed by atoms with Crippen molar-refractivity contribution in [2.45, 2.75) is 64.0 Å². The third kappa shape index (κ3) is 14.3. The van der Waals surface area contributed by atoms with Gasteiger partial charge >= 0.3 is 17.9 Å². The highest BCUT2D eigenvalue weighted by molar-refractivity contribution is 8.00. The number of aryl methyl sites for hydroxylation is 1. The Kier molecular flexibility index (Phi) is 19.0. The van der Waals surface area contributed by atoms with Crippen LogP contribution in [-0.4, -0.2) is 46.3 Å². The van der Waals surface area contributed by atoms with Crippen LogP contribution >= 0.6 is 35.3 Å². The van der Waals surface area contributed by atoms with Crippen molar-refractivity contribution >= 4 is 53.2 Å². The maximum Gasteiger partial charge on any atom is 0.308 e. The molecule has 0 N–H and O–H groups in total. The number of methoxy groups -OCH3 is 4. The first-order valence-corrected chi connectivity index (χ1v) is 21.2. The van der Waals surface area contributed by atoms with Gasteiger partial charge in [0, 0.05) is 45.9 Å². The van der Waals surface area contributed by atoms with E-state index in [1.165, 1.54) is 61.4 Å². The molecule has 0 bridgehead atoms. The molecule has 0 heterocycles. The SMILES string of the molecule is CC(=O)Oc1ccc(Sc2ccccc2)cc1.COc1ccc(C)c(Sc2c(C)c(OC(C)=O)c(OC(C)=O)c(OC)c2OC)c1OC.c1ccc(Sc2ccccc2)cc1. The molecule has 0 aliphatic rings. The van der Waals surface area contributed by atoms with E-state index >= 15 is 0 Å². The molecular formula is C48H48O10S3. The Morgan fingerprint density at radius 3 is 1.23 bits per heavy atom. The summed E-state index contributed by atoms with van der Waals surface area (Å²) in [6, 6.07) is 42.1. The predicted octanol–water partition coefficient (Wildman–Crippen LogP) is 11.9. The average Bonchev–Trinajstić information content (AvgIpc) is 3.25. The van der Waals surface area contributed by atoms with Crippen LogP contribution < -0.4 is 33.2 Å². The monoisotopic (exact) mass is 880 g/mol. The van der Waals surface area contributed by atoms with Crippen LogP contribution in [0.3, 0.4) is 0 Å². The van der Waals surface area contributed by atoms with Gasteiger partial charge in [-0.2, -0.15) is 0 Å². The molecule has 13 heteroatoms. The van der Waals surface area contributed by atoms with Crippen LogP contribution in [0.1, 0.15) is 31.9 Å². The lowest BCUT2D eigenvalue weighted by molar-refractivity contribution is -0.134. The van der Waals surface area contributed by atoms with Crippen molar-refractivity contribution in [2.75, 3.05) is 28.4 Å². The van der Waals surface area contributed by atoms with Gasteiger partial charge in [0.25, 0.3) is 0 Å². The molecule has 0 atom stereocenters. The molecule has 0 fully saturated rings. The molecule has 0 aliphatic carbocycles. The third-order valence-electron chi connectivity index (χ3n) is 8.09. The minimum atomic E-state index is -0.598. The number of esters is 3. The Balaban J connectivity index is 0.000000226. The maximum absolute atomic E-state index is 11.8. The summed E-state index contributed by atoms with van der Waals surface area (Å²) in [5.74, 6) is 0.711. The van der Waals surface area contributed by atoms with Crippen molar-refractivity contribution in [2.24, 2.45) is 0 Å². The zero-order valence-corrected chi connectivity index (χ0v) is 37.9. The quantitative estimate of drug-likeness (QED) is 0.0810. The molecule has 0 radical (unpaired) electrons. The highest BCUT2D eigenvalue weighted by Gasteiger charge is 2.30. The Bertz CT molecular complexity index is 2320. The first kappa shape index (κ1) is 47.7. The molecule has 10 nitrogen and oxygen atoms in total. The van der Waals surface area contributed by atoms with Gasteiger partial charge in [0.05, 0.1) is 38.2 Å². The van der Waals surface area contributed by atoms with E-state index in [9.17, 15) is 14.4 Å². The molecule has 0 saturated carbocycles. The first-order chi connectivity index (χ1) is 29.4. The molecule has 6 rings (SSSR count). The fraction of sp³-hybridized carbons (Fsp3) is 0.188. The summed E-state index contributed by atoms with van der Waals surface area (Å²) in [4.78, 5) is 40.5. The van der Waals surface area contributed by atoms with Crippen LogP contribution in [0.4, 0.5) is 0 Å². The van der Waals surface area contributed by atoms with Crippen molar-refractivity contribution in [1.82, 2.24) is 0 Å². The number of rotatable bonds is 13. The summed E-state index contributed by atoms with van der Waals surface area (Å²) in [6.45, 7) is 7.56. The van der Waals surface area contributed by atoms with Crippen molar-refractivity contribution in [1.29, 1.82) is 0 Å². The zero-order valence-electron chi connectivity index (χ0n) is 35.4. The number of hydrogen-bond donors (Lipinski definition) is 0. The topological polar surface area (TPSA) is 116 Å². The minimum Gasteiger partial charge on any atom is -0.493 e. The fourth-order valence-corrected chi connectivity index (χ4v) is 8.38.